The van der Waals surface area contributed by atoms with E-state index in [2.05, 4.69) is 13.8 Å². The zero-order valence-electron chi connectivity index (χ0n) is 9.85. The molecule has 3 heteroatoms. The van der Waals surface area contributed by atoms with Gasteiger partial charge in [-0.25, -0.2) is 0 Å². The van der Waals surface area contributed by atoms with Crippen LogP contribution in [0.4, 0.5) is 0 Å². The summed E-state index contributed by atoms with van der Waals surface area (Å²) in [5, 5.41) is 9.79. The fourth-order valence-corrected chi connectivity index (χ4v) is 0.726. The first-order valence-corrected chi connectivity index (χ1v) is 5.03. The van der Waals surface area contributed by atoms with Gasteiger partial charge in [0.25, 0.3) is 7.48 Å². The van der Waals surface area contributed by atoms with Crippen LogP contribution in [0.15, 0.2) is 0 Å². The predicted molar refractivity (Wildman–Crippen MR) is 58.3 cm³/mol. The molecule has 0 fully saturated rings. The molecule has 0 heterocycles. The first kappa shape index (κ1) is 13.0. The summed E-state index contributed by atoms with van der Waals surface area (Å²) in [7, 11) is 0.717. The summed E-state index contributed by atoms with van der Waals surface area (Å²) in [4.78, 5) is 0. The monoisotopic (exact) mass is 186 g/mol. The van der Waals surface area contributed by atoms with Crippen LogP contribution in [0.3, 0.4) is 0 Å². The van der Waals surface area contributed by atoms with Crippen LogP contribution in [0.5, 0.6) is 0 Å². The van der Waals surface area contributed by atoms with Gasteiger partial charge in [-0.1, -0.05) is 19.8 Å². The molecule has 0 spiro atoms. The smallest absolute Gasteiger partial charge is 0.276 e. The fourth-order valence-electron chi connectivity index (χ4n) is 0.726. The van der Waals surface area contributed by atoms with Crippen LogP contribution in [0.25, 0.3) is 0 Å². The average Bonchev–Trinajstić information content (AvgIpc) is 1.82. The van der Waals surface area contributed by atoms with Crippen LogP contribution in [0, 0.1) is 5.92 Å². The maximum Gasteiger partial charge on any atom is 0.276 e. The lowest BCUT2D eigenvalue weighted by Gasteiger charge is -2.37. The summed E-state index contributed by atoms with van der Waals surface area (Å²) in [6, 6.07) is 0. The van der Waals surface area contributed by atoms with Crippen molar-refractivity contribution in [1.82, 2.24) is 0 Å². The Labute approximate surface area is 83.0 Å². The van der Waals surface area contributed by atoms with E-state index in [1.165, 1.54) is 0 Å². The topological polar surface area (TPSA) is 29.5 Å². The molecule has 0 aromatic heterocycles. The first-order chi connectivity index (χ1) is 5.67. The molecule has 2 nitrogen and oxygen atoms in total. The van der Waals surface area contributed by atoms with E-state index in [1.54, 1.807) is 13.8 Å². The Morgan fingerprint density at radius 3 is 2.00 bits per heavy atom. The third-order valence-electron chi connectivity index (χ3n) is 2.63. The van der Waals surface area contributed by atoms with E-state index in [4.69, 9.17) is 4.65 Å². The third-order valence-corrected chi connectivity index (χ3v) is 2.63. The van der Waals surface area contributed by atoms with E-state index in [0.29, 0.717) is 13.4 Å². The predicted octanol–water partition coefficient (Wildman–Crippen LogP) is 1.98. The highest BCUT2D eigenvalue weighted by Gasteiger charge is 2.35. The zero-order chi connectivity index (χ0) is 10.7. The van der Waals surface area contributed by atoms with Crippen molar-refractivity contribution in [1.29, 1.82) is 0 Å². The lowest BCUT2D eigenvalue weighted by atomic mass is 9.82. The normalized spacial score (nSPS) is 13.5. The molecule has 0 rings (SSSR count). The molecule has 0 aliphatic heterocycles. The van der Waals surface area contributed by atoms with Gasteiger partial charge in [-0.15, -0.1) is 0 Å². The molecule has 13 heavy (non-hydrogen) atoms. The summed E-state index contributed by atoms with van der Waals surface area (Å²) in [6.07, 6.45) is 1.04. The van der Waals surface area contributed by atoms with Crippen molar-refractivity contribution in [2.75, 3.05) is 0 Å². The van der Waals surface area contributed by atoms with Crippen molar-refractivity contribution in [2.45, 2.75) is 59.1 Å². The van der Waals surface area contributed by atoms with Crippen LogP contribution < -0.4 is 0 Å². The van der Waals surface area contributed by atoms with E-state index >= 15 is 0 Å². The van der Waals surface area contributed by atoms with Gasteiger partial charge in [-0.3, -0.25) is 0 Å². The number of hydrogen-bond acceptors (Lipinski definition) is 2. The molecule has 1 N–H and O–H groups in total. The Hall–Kier alpha value is -0.0151. The summed E-state index contributed by atoms with van der Waals surface area (Å²) in [5.74, 6) is 0.651. The summed E-state index contributed by atoms with van der Waals surface area (Å²) in [5.41, 5.74) is -1.26. The van der Waals surface area contributed by atoms with Crippen molar-refractivity contribution in [2.24, 2.45) is 5.92 Å². The van der Waals surface area contributed by atoms with Gasteiger partial charge in [0.05, 0.1) is 11.2 Å². The van der Waals surface area contributed by atoms with E-state index in [9.17, 15) is 5.11 Å². The highest BCUT2D eigenvalue weighted by atomic mass is 16.5. The molecule has 0 aromatic carbocycles. The Bertz CT molecular complexity index is 147. The van der Waals surface area contributed by atoms with Crippen LogP contribution in [0.1, 0.15) is 41.5 Å². The molecular formula is C10H23BO2. The maximum atomic E-state index is 9.79. The second-order valence-corrected chi connectivity index (χ2v) is 5.10. The third kappa shape index (κ3) is 4.68. The lowest BCUT2D eigenvalue weighted by molar-refractivity contribution is -0.0905. The van der Waals surface area contributed by atoms with Crippen LogP contribution in [-0.2, 0) is 4.65 Å². The van der Waals surface area contributed by atoms with Gasteiger partial charge in [0.2, 0.25) is 0 Å². The lowest BCUT2D eigenvalue weighted by Crippen LogP contribution is -2.48. The van der Waals surface area contributed by atoms with Crippen molar-refractivity contribution < 1.29 is 9.76 Å². The van der Waals surface area contributed by atoms with Crippen LogP contribution in [-0.4, -0.2) is 23.8 Å². The maximum absolute atomic E-state index is 9.79. The van der Waals surface area contributed by atoms with Crippen molar-refractivity contribution in [3.63, 3.8) is 0 Å². The molecule has 0 bridgehead atoms. The number of hydrogen-bond donors (Lipinski definition) is 1. The SMILES string of the molecule is CC(C)CBOC(C)(C)C(C)(C)O. The summed E-state index contributed by atoms with van der Waals surface area (Å²) >= 11 is 0. The van der Waals surface area contributed by atoms with E-state index in [-0.39, 0.29) is 0 Å². The number of aliphatic hydroxyl groups is 1. The molecule has 0 aliphatic carbocycles. The molecule has 0 saturated heterocycles. The van der Waals surface area contributed by atoms with Gasteiger partial charge in [0, 0.05) is 0 Å². The average molecular weight is 186 g/mol. The standard InChI is InChI=1S/C10H23BO2/c1-8(2)7-11-13-10(5,6)9(3,4)12/h8,11-12H,7H2,1-6H3. The van der Waals surface area contributed by atoms with Gasteiger partial charge in [-0.2, -0.15) is 0 Å². The van der Waals surface area contributed by atoms with E-state index in [1.807, 2.05) is 13.8 Å². The second-order valence-electron chi connectivity index (χ2n) is 5.10. The molecule has 0 radical (unpaired) electrons. The Morgan fingerprint density at radius 2 is 1.69 bits per heavy atom. The minimum atomic E-state index is -0.788. The van der Waals surface area contributed by atoms with E-state index in [0.717, 1.165) is 6.32 Å². The zero-order valence-corrected chi connectivity index (χ0v) is 9.85. The Balaban J connectivity index is 3.90. The van der Waals surface area contributed by atoms with Crippen LogP contribution in [0.2, 0.25) is 6.32 Å². The number of rotatable bonds is 5. The highest BCUT2D eigenvalue weighted by molar-refractivity contribution is 6.27. The Kier molecular flexibility index (Phi) is 4.47. The quantitative estimate of drug-likeness (QED) is 0.665. The molecule has 0 amide bonds. The van der Waals surface area contributed by atoms with E-state index < -0.39 is 11.2 Å². The van der Waals surface area contributed by atoms with Crippen molar-refractivity contribution in [3.8, 4) is 0 Å². The minimum Gasteiger partial charge on any atom is -0.432 e. The van der Waals surface area contributed by atoms with Crippen molar-refractivity contribution in [3.05, 3.63) is 0 Å². The summed E-state index contributed by atoms with van der Waals surface area (Å²) < 4.78 is 5.65. The highest BCUT2D eigenvalue weighted by Crippen LogP contribution is 2.24. The molecule has 78 valence electrons. The van der Waals surface area contributed by atoms with Gasteiger partial charge in [-0.05, 0) is 34.0 Å². The molecule has 0 unspecified atom stereocenters. The van der Waals surface area contributed by atoms with Crippen molar-refractivity contribution >= 4 is 7.48 Å². The molecule has 0 atom stereocenters. The Morgan fingerprint density at radius 1 is 1.23 bits per heavy atom. The minimum absolute atomic E-state index is 0.470. The first-order valence-electron chi connectivity index (χ1n) is 5.03. The molecule has 0 saturated carbocycles. The van der Waals surface area contributed by atoms with Gasteiger partial charge in [0.1, 0.15) is 0 Å². The molecular weight excluding hydrogens is 163 g/mol. The van der Waals surface area contributed by atoms with Gasteiger partial charge < -0.3 is 9.76 Å². The van der Waals surface area contributed by atoms with Gasteiger partial charge in [0.15, 0.2) is 0 Å². The van der Waals surface area contributed by atoms with Gasteiger partial charge >= 0.3 is 0 Å². The molecule has 0 aromatic rings. The molecule has 0 aliphatic rings. The largest absolute Gasteiger partial charge is 0.432 e. The summed E-state index contributed by atoms with van der Waals surface area (Å²) in [6.45, 7) is 11.7. The second kappa shape index (κ2) is 4.47. The van der Waals surface area contributed by atoms with Crippen LogP contribution >= 0.6 is 0 Å². The fraction of sp³-hybridized carbons (Fsp3) is 1.00.